The first-order chi connectivity index (χ1) is 8.61. The van der Waals surface area contributed by atoms with Gasteiger partial charge in [-0.3, -0.25) is 4.79 Å². The van der Waals surface area contributed by atoms with E-state index in [1.165, 1.54) is 0 Å². The van der Waals surface area contributed by atoms with Gasteiger partial charge in [-0.15, -0.1) is 0 Å². The molecule has 3 heteroatoms. The van der Waals surface area contributed by atoms with Crippen LogP contribution in [0.15, 0.2) is 36.4 Å². The molecule has 0 saturated carbocycles. The third-order valence-corrected chi connectivity index (χ3v) is 2.99. The van der Waals surface area contributed by atoms with Crippen LogP contribution in [0.3, 0.4) is 0 Å². The van der Waals surface area contributed by atoms with Gasteiger partial charge < -0.3 is 9.84 Å². The van der Waals surface area contributed by atoms with E-state index in [-0.39, 0.29) is 17.6 Å². The van der Waals surface area contributed by atoms with Gasteiger partial charge in [0.05, 0.1) is 12.5 Å². The Bertz CT molecular complexity index is 575. The normalized spacial score (nSPS) is 12.3. The van der Waals surface area contributed by atoms with E-state index in [1.54, 1.807) is 19.1 Å². The lowest BCUT2D eigenvalue weighted by Crippen LogP contribution is -2.12. The van der Waals surface area contributed by atoms with Gasteiger partial charge in [0.2, 0.25) is 0 Å². The minimum atomic E-state index is -0.275. The molecule has 1 N–H and O–H groups in total. The largest absolute Gasteiger partial charge is 0.508 e. The molecule has 0 spiro atoms. The maximum absolute atomic E-state index is 11.7. The SMILES string of the molecule is CCOC(=O)[C@@H](C)c1ccc2cc(O)ccc2c1. The van der Waals surface area contributed by atoms with E-state index in [2.05, 4.69) is 0 Å². The summed E-state index contributed by atoms with van der Waals surface area (Å²) in [5.41, 5.74) is 0.923. The first-order valence-electron chi connectivity index (χ1n) is 6.01. The first-order valence-corrected chi connectivity index (χ1v) is 6.01. The Labute approximate surface area is 106 Å². The number of ether oxygens (including phenoxy) is 1. The maximum atomic E-state index is 11.7. The van der Waals surface area contributed by atoms with Gasteiger partial charge in [0, 0.05) is 0 Å². The molecule has 0 saturated heterocycles. The molecule has 2 aromatic rings. The highest BCUT2D eigenvalue weighted by Gasteiger charge is 2.16. The lowest BCUT2D eigenvalue weighted by molar-refractivity contribution is -0.144. The first kappa shape index (κ1) is 12.4. The summed E-state index contributed by atoms with van der Waals surface area (Å²) in [4.78, 5) is 11.7. The Morgan fingerprint density at radius 2 is 1.89 bits per heavy atom. The molecule has 0 unspecified atom stereocenters. The van der Waals surface area contributed by atoms with Crippen LogP contribution >= 0.6 is 0 Å². The summed E-state index contributed by atoms with van der Waals surface area (Å²) in [7, 11) is 0. The zero-order valence-electron chi connectivity index (χ0n) is 10.5. The van der Waals surface area contributed by atoms with E-state index in [0.717, 1.165) is 16.3 Å². The summed E-state index contributed by atoms with van der Waals surface area (Å²) in [6, 6.07) is 10.9. The number of benzene rings is 2. The van der Waals surface area contributed by atoms with Crippen LogP contribution in [-0.4, -0.2) is 17.7 Å². The lowest BCUT2D eigenvalue weighted by atomic mass is 9.98. The molecule has 0 aliphatic heterocycles. The Hall–Kier alpha value is -2.03. The fourth-order valence-corrected chi connectivity index (χ4v) is 1.92. The van der Waals surface area contributed by atoms with E-state index in [1.807, 2.05) is 31.2 Å². The number of phenols is 1. The number of hydrogen-bond donors (Lipinski definition) is 1. The standard InChI is InChI=1S/C15H16O3/c1-3-18-15(17)10(2)11-4-5-13-9-14(16)7-6-12(13)8-11/h4-10,16H,3H2,1-2H3/t10-/m0/s1. The zero-order chi connectivity index (χ0) is 13.1. The molecule has 0 bridgehead atoms. The van der Waals surface area contributed by atoms with Gasteiger partial charge in [-0.2, -0.15) is 0 Å². The summed E-state index contributed by atoms with van der Waals surface area (Å²) in [6.07, 6.45) is 0. The second kappa shape index (κ2) is 5.08. The van der Waals surface area contributed by atoms with Gasteiger partial charge in [0.1, 0.15) is 5.75 Å². The van der Waals surface area contributed by atoms with Gasteiger partial charge in [-0.25, -0.2) is 0 Å². The van der Waals surface area contributed by atoms with Gasteiger partial charge >= 0.3 is 5.97 Å². The zero-order valence-corrected chi connectivity index (χ0v) is 10.5. The molecular weight excluding hydrogens is 228 g/mol. The molecule has 0 fully saturated rings. The molecule has 0 aromatic heterocycles. The van der Waals surface area contributed by atoms with Crippen molar-refractivity contribution in [1.82, 2.24) is 0 Å². The smallest absolute Gasteiger partial charge is 0.313 e. The second-order valence-corrected chi connectivity index (χ2v) is 4.26. The van der Waals surface area contributed by atoms with Crippen LogP contribution < -0.4 is 0 Å². The van der Waals surface area contributed by atoms with Crippen LogP contribution in [0.2, 0.25) is 0 Å². The van der Waals surface area contributed by atoms with Gasteiger partial charge in [0.15, 0.2) is 0 Å². The monoisotopic (exact) mass is 244 g/mol. The minimum Gasteiger partial charge on any atom is -0.508 e. The third kappa shape index (κ3) is 2.45. The van der Waals surface area contributed by atoms with Crippen molar-refractivity contribution in [2.45, 2.75) is 19.8 Å². The minimum absolute atomic E-state index is 0.212. The topological polar surface area (TPSA) is 46.5 Å². The van der Waals surface area contributed by atoms with Crippen LogP contribution in [0.5, 0.6) is 5.75 Å². The van der Waals surface area contributed by atoms with E-state index in [0.29, 0.717) is 6.61 Å². The third-order valence-electron chi connectivity index (χ3n) is 2.99. The molecule has 3 nitrogen and oxygen atoms in total. The molecule has 0 radical (unpaired) electrons. The van der Waals surface area contributed by atoms with Crippen molar-refractivity contribution in [3.05, 3.63) is 42.0 Å². The van der Waals surface area contributed by atoms with Crippen molar-refractivity contribution < 1.29 is 14.6 Å². The molecule has 0 amide bonds. The number of rotatable bonds is 3. The number of fused-ring (bicyclic) bond motifs is 1. The summed E-state index contributed by atoms with van der Waals surface area (Å²) >= 11 is 0. The molecule has 2 rings (SSSR count). The Morgan fingerprint density at radius 1 is 1.22 bits per heavy atom. The van der Waals surface area contributed by atoms with Crippen molar-refractivity contribution in [3.63, 3.8) is 0 Å². The fraction of sp³-hybridized carbons (Fsp3) is 0.267. The van der Waals surface area contributed by atoms with Crippen molar-refractivity contribution in [1.29, 1.82) is 0 Å². The molecule has 0 heterocycles. The predicted octanol–water partition coefficient (Wildman–Crippen LogP) is 3.21. The second-order valence-electron chi connectivity index (χ2n) is 4.26. The van der Waals surface area contributed by atoms with Crippen molar-refractivity contribution in [3.8, 4) is 5.75 Å². The number of esters is 1. The summed E-state index contributed by atoms with van der Waals surface area (Å²) in [5.74, 6) is -0.243. The van der Waals surface area contributed by atoms with Gasteiger partial charge in [0.25, 0.3) is 0 Å². The number of carbonyl (C=O) groups excluding carboxylic acids is 1. The summed E-state index contributed by atoms with van der Waals surface area (Å²) in [5, 5.41) is 11.3. The number of hydrogen-bond acceptors (Lipinski definition) is 3. The van der Waals surface area contributed by atoms with Crippen LogP contribution in [0, 0.1) is 0 Å². The summed E-state index contributed by atoms with van der Waals surface area (Å²) in [6.45, 7) is 4.03. The lowest BCUT2D eigenvalue weighted by Gasteiger charge is -2.11. The quantitative estimate of drug-likeness (QED) is 0.843. The molecule has 18 heavy (non-hydrogen) atoms. The van der Waals surface area contributed by atoms with E-state index in [9.17, 15) is 9.90 Å². The molecule has 1 atom stereocenters. The van der Waals surface area contributed by atoms with Crippen molar-refractivity contribution >= 4 is 16.7 Å². The molecule has 0 aliphatic carbocycles. The number of carbonyl (C=O) groups is 1. The molecule has 0 aliphatic rings. The average molecular weight is 244 g/mol. The van der Waals surface area contributed by atoms with Crippen LogP contribution in [-0.2, 0) is 9.53 Å². The highest BCUT2D eigenvalue weighted by molar-refractivity contribution is 5.86. The van der Waals surface area contributed by atoms with Crippen LogP contribution in [0.1, 0.15) is 25.3 Å². The highest BCUT2D eigenvalue weighted by Crippen LogP contribution is 2.25. The van der Waals surface area contributed by atoms with Crippen LogP contribution in [0.4, 0.5) is 0 Å². The Balaban J connectivity index is 2.35. The van der Waals surface area contributed by atoms with Crippen molar-refractivity contribution in [2.24, 2.45) is 0 Å². The van der Waals surface area contributed by atoms with Gasteiger partial charge in [-0.1, -0.05) is 24.3 Å². The average Bonchev–Trinajstić information content (AvgIpc) is 2.37. The number of phenolic OH excluding ortho intramolecular Hbond substituents is 1. The predicted molar refractivity (Wildman–Crippen MR) is 70.7 cm³/mol. The Morgan fingerprint density at radius 3 is 2.61 bits per heavy atom. The molecular formula is C15H16O3. The highest BCUT2D eigenvalue weighted by atomic mass is 16.5. The van der Waals surface area contributed by atoms with Gasteiger partial charge in [-0.05, 0) is 42.3 Å². The fourth-order valence-electron chi connectivity index (χ4n) is 1.92. The maximum Gasteiger partial charge on any atom is 0.313 e. The van der Waals surface area contributed by atoms with Crippen molar-refractivity contribution in [2.75, 3.05) is 6.61 Å². The number of aromatic hydroxyl groups is 1. The van der Waals surface area contributed by atoms with Crippen LogP contribution in [0.25, 0.3) is 10.8 Å². The van der Waals surface area contributed by atoms with E-state index >= 15 is 0 Å². The molecule has 94 valence electrons. The molecule has 2 aromatic carbocycles. The van der Waals surface area contributed by atoms with E-state index < -0.39 is 0 Å². The van der Waals surface area contributed by atoms with E-state index in [4.69, 9.17) is 4.74 Å². The summed E-state index contributed by atoms with van der Waals surface area (Å²) < 4.78 is 5.01. The Kier molecular flexibility index (Phi) is 3.51.